The number of benzene rings is 2. The van der Waals surface area contributed by atoms with Gasteiger partial charge in [-0.1, -0.05) is 18.2 Å². The highest BCUT2D eigenvalue weighted by molar-refractivity contribution is 6.12. The summed E-state index contributed by atoms with van der Waals surface area (Å²) < 4.78 is 15.5. The van der Waals surface area contributed by atoms with E-state index in [1.165, 1.54) is 0 Å². The zero-order valence-electron chi connectivity index (χ0n) is 12.8. The van der Waals surface area contributed by atoms with Gasteiger partial charge in [-0.05, 0) is 42.0 Å². The van der Waals surface area contributed by atoms with Gasteiger partial charge in [-0.2, -0.15) is 0 Å². The van der Waals surface area contributed by atoms with Gasteiger partial charge in [0, 0.05) is 5.56 Å². The van der Waals surface area contributed by atoms with Crippen LogP contribution in [0.5, 0.6) is 11.5 Å². The fourth-order valence-corrected chi connectivity index (χ4v) is 2.15. The number of esters is 1. The Hall–Kier alpha value is -3.08. The summed E-state index contributed by atoms with van der Waals surface area (Å²) in [5.74, 6) is 1.22. The monoisotopic (exact) mass is 309 g/mol. The van der Waals surface area contributed by atoms with Gasteiger partial charge in [0.05, 0.1) is 14.2 Å². The minimum atomic E-state index is -0.473. The maximum Gasteiger partial charge on any atom is 0.363 e. The lowest BCUT2D eigenvalue weighted by Gasteiger charge is -2.02. The lowest BCUT2D eigenvalue weighted by molar-refractivity contribution is -0.129. The third-order valence-corrected chi connectivity index (χ3v) is 3.36. The Morgan fingerprint density at radius 2 is 1.74 bits per heavy atom. The molecule has 2 aromatic carbocycles. The van der Waals surface area contributed by atoms with Crippen molar-refractivity contribution in [2.75, 3.05) is 14.2 Å². The minimum Gasteiger partial charge on any atom is -0.497 e. The van der Waals surface area contributed by atoms with Crippen molar-refractivity contribution < 1.29 is 19.0 Å². The van der Waals surface area contributed by atoms with Crippen LogP contribution in [-0.4, -0.2) is 26.1 Å². The van der Waals surface area contributed by atoms with Crippen LogP contribution in [0.3, 0.4) is 0 Å². The molecule has 0 radical (unpaired) electrons. The quantitative estimate of drug-likeness (QED) is 0.643. The Bertz CT molecular complexity index is 791. The van der Waals surface area contributed by atoms with Crippen LogP contribution in [0, 0.1) is 0 Å². The summed E-state index contributed by atoms with van der Waals surface area (Å²) in [5.41, 5.74) is 1.79. The molecule has 23 heavy (non-hydrogen) atoms. The zero-order valence-corrected chi connectivity index (χ0v) is 12.8. The van der Waals surface area contributed by atoms with E-state index in [1.54, 1.807) is 26.4 Å². The van der Waals surface area contributed by atoms with Gasteiger partial charge < -0.3 is 14.2 Å². The molecule has 1 aliphatic heterocycles. The first kappa shape index (κ1) is 14.8. The number of cyclic esters (lactones) is 1. The van der Waals surface area contributed by atoms with Crippen LogP contribution in [0.15, 0.2) is 59.2 Å². The normalized spacial score (nSPS) is 15.3. The molecule has 0 bridgehead atoms. The van der Waals surface area contributed by atoms with Crippen molar-refractivity contribution in [2.24, 2.45) is 4.99 Å². The fourth-order valence-electron chi connectivity index (χ4n) is 2.15. The van der Waals surface area contributed by atoms with Gasteiger partial charge in [0.2, 0.25) is 5.90 Å². The summed E-state index contributed by atoms with van der Waals surface area (Å²) in [6.07, 6.45) is 1.68. The second kappa shape index (κ2) is 6.36. The molecule has 1 heterocycles. The van der Waals surface area contributed by atoms with Crippen LogP contribution in [0.25, 0.3) is 6.08 Å². The first-order valence-corrected chi connectivity index (χ1v) is 7.00. The average molecular weight is 309 g/mol. The molecule has 0 N–H and O–H groups in total. The lowest BCUT2D eigenvalue weighted by atomic mass is 10.2. The molecule has 116 valence electrons. The van der Waals surface area contributed by atoms with Crippen LogP contribution < -0.4 is 9.47 Å². The van der Waals surface area contributed by atoms with E-state index in [4.69, 9.17) is 14.2 Å². The highest BCUT2D eigenvalue weighted by atomic mass is 16.6. The predicted octanol–water partition coefficient (Wildman–Crippen LogP) is 3.05. The lowest BCUT2D eigenvalue weighted by Crippen LogP contribution is -2.05. The molecule has 5 nitrogen and oxygen atoms in total. The van der Waals surface area contributed by atoms with E-state index in [0.29, 0.717) is 11.3 Å². The molecule has 0 saturated heterocycles. The molecule has 0 aliphatic carbocycles. The second-order valence-electron chi connectivity index (χ2n) is 4.84. The molecule has 2 aromatic rings. The summed E-state index contributed by atoms with van der Waals surface area (Å²) in [5, 5.41) is 0. The average Bonchev–Trinajstić information content (AvgIpc) is 2.96. The zero-order chi connectivity index (χ0) is 16.2. The Kier molecular flexibility index (Phi) is 4.10. The Morgan fingerprint density at radius 3 is 2.43 bits per heavy atom. The van der Waals surface area contributed by atoms with Crippen molar-refractivity contribution in [3.63, 3.8) is 0 Å². The van der Waals surface area contributed by atoms with Crippen molar-refractivity contribution >= 4 is 17.9 Å². The first-order valence-electron chi connectivity index (χ1n) is 7.00. The van der Waals surface area contributed by atoms with Crippen LogP contribution in [0.4, 0.5) is 0 Å². The Balaban J connectivity index is 1.89. The Labute approximate surface area is 133 Å². The fraction of sp³-hybridized carbons (Fsp3) is 0.111. The summed E-state index contributed by atoms with van der Waals surface area (Å²) >= 11 is 0. The second-order valence-corrected chi connectivity index (χ2v) is 4.84. The number of nitrogens with zero attached hydrogens (tertiary/aromatic N) is 1. The Morgan fingerprint density at radius 1 is 1.00 bits per heavy atom. The molecule has 0 amide bonds. The molecule has 3 rings (SSSR count). The van der Waals surface area contributed by atoms with E-state index < -0.39 is 5.97 Å². The van der Waals surface area contributed by atoms with Gasteiger partial charge in [-0.3, -0.25) is 0 Å². The summed E-state index contributed by atoms with van der Waals surface area (Å²) in [7, 11) is 3.18. The van der Waals surface area contributed by atoms with Crippen LogP contribution >= 0.6 is 0 Å². The van der Waals surface area contributed by atoms with Crippen molar-refractivity contribution in [2.45, 2.75) is 0 Å². The van der Waals surface area contributed by atoms with Crippen molar-refractivity contribution in [1.29, 1.82) is 0 Å². The molecular formula is C18H15NO4. The highest BCUT2D eigenvalue weighted by Crippen LogP contribution is 2.22. The van der Waals surface area contributed by atoms with Crippen LogP contribution in [-0.2, 0) is 9.53 Å². The van der Waals surface area contributed by atoms with Crippen LogP contribution in [0.1, 0.15) is 11.1 Å². The number of ether oxygens (including phenoxy) is 3. The summed E-state index contributed by atoms with van der Waals surface area (Å²) in [6, 6.07) is 14.5. The summed E-state index contributed by atoms with van der Waals surface area (Å²) in [4.78, 5) is 16.3. The number of aliphatic imine (C=N–C) groups is 1. The summed E-state index contributed by atoms with van der Waals surface area (Å²) in [6.45, 7) is 0. The van der Waals surface area contributed by atoms with Crippen molar-refractivity contribution in [3.8, 4) is 11.5 Å². The number of carbonyl (C=O) groups excluding carboxylic acids is 1. The van der Waals surface area contributed by atoms with Gasteiger partial charge in [-0.25, -0.2) is 9.79 Å². The highest BCUT2D eigenvalue weighted by Gasteiger charge is 2.24. The third kappa shape index (κ3) is 3.23. The van der Waals surface area contributed by atoms with E-state index in [2.05, 4.69) is 4.99 Å². The van der Waals surface area contributed by atoms with Gasteiger partial charge in [0.15, 0.2) is 5.70 Å². The van der Waals surface area contributed by atoms with E-state index in [9.17, 15) is 4.79 Å². The largest absolute Gasteiger partial charge is 0.497 e. The van der Waals surface area contributed by atoms with E-state index in [1.807, 2.05) is 42.5 Å². The van der Waals surface area contributed by atoms with Gasteiger partial charge >= 0.3 is 5.97 Å². The van der Waals surface area contributed by atoms with Crippen molar-refractivity contribution in [3.05, 3.63) is 65.4 Å². The van der Waals surface area contributed by atoms with Crippen molar-refractivity contribution in [1.82, 2.24) is 0 Å². The van der Waals surface area contributed by atoms with Gasteiger partial charge in [0.1, 0.15) is 11.5 Å². The molecule has 0 spiro atoms. The molecule has 1 aliphatic rings. The van der Waals surface area contributed by atoms with Gasteiger partial charge in [0.25, 0.3) is 0 Å². The smallest absolute Gasteiger partial charge is 0.363 e. The minimum absolute atomic E-state index is 0.257. The molecule has 5 heteroatoms. The van der Waals surface area contributed by atoms with E-state index in [0.717, 1.165) is 11.3 Å². The number of hydrogen-bond donors (Lipinski definition) is 0. The first-order chi connectivity index (χ1) is 11.2. The topological polar surface area (TPSA) is 57.1 Å². The van der Waals surface area contributed by atoms with Gasteiger partial charge in [-0.15, -0.1) is 0 Å². The molecule has 0 saturated carbocycles. The predicted molar refractivity (Wildman–Crippen MR) is 86.6 cm³/mol. The number of carbonyl (C=O) groups is 1. The van der Waals surface area contributed by atoms with E-state index in [-0.39, 0.29) is 11.6 Å². The molecule has 0 aromatic heterocycles. The molecule has 0 unspecified atom stereocenters. The number of methoxy groups -OCH3 is 2. The number of hydrogen-bond acceptors (Lipinski definition) is 5. The van der Waals surface area contributed by atoms with Crippen LogP contribution in [0.2, 0.25) is 0 Å². The standard InChI is InChI=1S/C18H15NO4/c1-21-14-8-6-12(7-9-14)10-16-18(20)23-17(19-16)13-4-3-5-15(11-13)22-2/h3-11H,1-2H3/b16-10-. The van der Waals surface area contributed by atoms with E-state index >= 15 is 0 Å². The molecule has 0 atom stereocenters. The molecule has 0 fully saturated rings. The number of rotatable bonds is 4. The molecular weight excluding hydrogens is 294 g/mol. The third-order valence-electron chi connectivity index (χ3n) is 3.36. The maximum atomic E-state index is 12.0. The SMILES string of the molecule is COc1ccc(/C=C2\N=C(c3cccc(OC)c3)OC2=O)cc1. The maximum absolute atomic E-state index is 12.0.